The quantitative estimate of drug-likeness (QED) is 0.689. The third-order valence-electron chi connectivity index (χ3n) is 2.93. The Morgan fingerprint density at radius 2 is 1.95 bits per heavy atom. The predicted molar refractivity (Wildman–Crippen MR) is 77.9 cm³/mol. The smallest absolute Gasteiger partial charge is 0.238 e. The fraction of sp³-hybridized carbons (Fsp3) is 0. The molecule has 2 aromatic carbocycles. The molecule has 0 bridgehead atoms. The van der Waals surface area contributed by atoms with Gasteiger partial charge in [-0.25, -0.2) is 9.37 Å². The van der Waals surface area contributed by atoms with E-state index in [0.717, 1.165) is 5.39 Å². The van der Waals surface area contributed by atoms with Gasteiger partial charge in [0.05, 0.1) is 10.5 Å². The van der Waals surface area contributed by atoms with Gasteiger partial charge in [0.2, 0.25) is 5.88 Å². The van der Waals surface area contributed by atoms with Gasteiger partial charge >= 0.3 is 0 Å². The maximum absolute atomic E-state index is 13.9. The third-order valence-corrected chi connectivity index (χ3v) is 3.22. The van der Waals surface area contributed by atoms with Crippen molar-refractivity contribution in [3.63, 3.8) is 0 Å². The molecule has 0 N–H and O–H groups in total. The number of nitrogens with zero attached hydrogens (tertiary/aromatic N) is 2. The van der Waals surface area contributed by atoms with Crippen LogP contribution in [0, 0.1) is 17.1 Å². The second-order valence-corrected chi connectivity index (χ2v) is 4.71. The minimum absolute atomic E-state index is 0.0493. The van der Waals surface area contributed by atoms with Gasteiger partial charge in [-0.1, -0.05) is 35.9 Å². The van der Waals surface area contributed by atoms with Crippen molar-refractivity contribution in [3.05, 3.63) is 64.9 Å². The first-order chi connectivity index (χ1) is 10.2. The molecule has 0 aliphatic carbocycles. The van der Waals surface area contributed by atoms with Gasteiger partial charge in [0.25, 0.3) is 0 Å². The molecule has 3 nitrogen and oxygen atoms in total. The van der Waals surface area contributed by atoms with Gasteiger partial charge in [-0.3, -0.25) is 0 Å². The highest BCUT2D eigenvalue weighted by molar-refractivity contribution is 6.30. The van der Waals surface area contributed by atoms with Gasteiger partial charge in [0, 0.05) is 5.39 Å². The van der Waals surface area contributed by atoms with Gasteiger partial charge in [-0.05, 0) is 24.3 Å². The zero-order valence-corrected chi connectivity index (χ0v) is 11.4. The summed E-state index contributed by atoms with van der Waals surface area (Å²) in [5.74, 6) is -0.697. The van der Waals surface area contributed by atoms with E-state index < -0.39 is 5.82 Å². The van der Waals surface area contributed by atoms with Crippen molar-refractivity contribution < 1.29 is 9.13 Å². The first kappa shape index (κ1) is 13.3. The average molecular weight is 299 g/mol. The number of halogens is 2. The third kappa shape index (κ3) is 2.51. The second kappa shape index (κ2) is 5.39. The monoisotopic (exact) mass is 298 g/mol. The molecule has 3 aromatic rings. The zero-order chi connectivity index (χ0) is 14.8. The highest BCUT2D eigenvalue weighted by atomic mass is 35.5. The van der Waals surface area contributed by atoms with E-state index in [-0.39, 0.29) is 22.2 Å². The highest BCUT2D eigenvalue weighted by Gasteiger charge is 2.13. The average Bonchev–Trinajstić information content (AvgIpc) is 2.51. The van der Waals surface area contributed by atoms with Gasteiger partial charge < -0.3 is 4.74 Å². The Kier molecular flexibility index (Phi) is 3.43. The van der Waals surface area contributed by atoms with Crippen molar-refractivity contribution >= 4 is 22.5 Å². The first-order valence-corrected chi connectivity index (χ1v) is 6.48. The highest BCUT2D eigenvalue weighted by Crippen LogP contribution is 2.30. The number of para-hydroxylation sites is 1. The van der Waals surface area contributed by atoms with Gasteiger partial charge in [-0.2, -0.15) is 5.26 Å². The summed E-state index contributed by atoms with van der Waals surface area (Å²) in [6.07, 6.45) is 0. The molecule has 0 radical (unpaired) electrons. The molecule has 0 fully saturated rings. The van der Waals surface area contributed by atoms with Crippen molar-refractivity contribution in [1.29, 1.82) is 5.26 Å². The van der Waals surface area contributed by atoms with Crippen LogP contribution >= 0.6 is 11.6 Å². The molecule has 0 saturated heterocycles. The summed E-state index contributed by atoms with van der Waals surface area (Å²) >= 11 is 5.71. The lowest BCUT2D eigenvalue weighted by Crippen LogP contribution is -1.95. The molecule has 0 atom stereocenters. The van der Waals surface area contributed by atoms with E-state index in [1.165, 1.54) is 12.1 Å². The minimum atomic E-state index is -0.682. The normalized spacial score (nSPS) is 10.3. The molecule has 0 unspecified atom stereocenters. The largest absolute Gasteiger partial charge is 0.435 e. The van der Waals surface area contributed by atoms with Crippen LogP contribution in [0.2, 0.25) is 5.02 Å². The molecule has 21 heavy (non-hydrogen) atoms. The molecule has 0 spiro atoms. The maximum atomic E-state index is 13.9. The number of fused-ring (bicyclic) bond motifs is 1. The van der Waals surface area contributed by atoms with Gasteiger partial charge in [0.15, 0.2) is 11.6 Å². The summed E-state index contributed by atoms with van der Waals surface area (Å²) < 4.78 is 19.3. The maximum Gasteiger partial charge on any atom is 0.238 e. The molecule has 0 aliphatic rings. The molecule has 1 heterocycles. The van der Waals surface area contributed by atoms with Crippen molar-refractivity contribution in [1.82, 2.24) is 4.98 Å². The Morgan fingerprint density at radius 3 is 2.76 bits per heavy atom. The van der Waals surface area contributed by atoms with Crippen LogP contribution in [0.25, 0.3) is 10.9 Å². The van der Waals surface area contributed by atoms with Crippen LogP contribution in [-0.2, 0) is 0 Å². The topological polar surface area (TPSA) is 45.9 Å². The summed E-state index contributed by atoms with van der Waals surface area (Å²) in [4.78, 5) is 4.26. The van der Waals surface area contributed by atoms with Crippen LogP contribution in [0.1, 0.15) is 5.56 Å². The van der Waals surface area contributed by atoms with Crippen LogP contribution in [0.4, 0.5) is 4.39 Å². The first-order valence-electron chi connectivity index (χ1n) is 6.11. The number of benzene rings is 2. The zero-order valence-electron chi connectivity index (χ0n) is 10.7. The van der Waals surface area contributed by atoms with Crippen LogP contribution in [0.5, 0.6) is 11.6 Å². The van der Waals surface area contributed by atoms with E-state index in [1.807, 2.05) is 24.3 Å². The molecule has 0 amide bonds. The molecule has 102 valence electrons. The van der Waals surface area contributed by atoms with Gasteiger partial charge in [-0.15, -0.1) is 0 Å². The fourth-order valence-corrected chi connectivity index (χ4v) is 2.09. The number of hydrogen-bond acceptors (Lipinski definition) is 3. The van der Waals surface area contributed by atoms with Crippen molar-refractivity contribution in [2.24, 2.45) is 0 Å². The van der Waals surface area contributed by atoms with Crippen LogP contribution in [-0.4, -0.2) is 4.98 Å². The van der Waals surface area contributed by atoms with Crippen molar-refractivity contribution in [2.75, 3.05) is 0 Å². The van der Waals surface area contributed by atoms with E-state index in [0.29, 0.717) is 5.52 Å². The van der Waals surface area contributed by atoms with E-state index in [2.05, 4.69) is 4.98 Å². The summed E-state index contributed by atoms with van der Waals surface area (Å²) in [5, 5.41) is 9.95. The van der Waals surface area contributed by atoms with E-state index >= 15 is 0 Å². The summed E-state index contributed by atoms with van der Waals surface area (Å²) in [6, 6.07) is 15.4. The lowest BCUT2D eigenvalue weighted by Gasteiger charge is -2.09. The van der Waals surface area contributed by atoms with E-state index in [1.54, 1.807) is 18.2 Å². The molecule has 1 aromatic heterocycles. The van der Waals surface area contributed by atoms with E-state index in [4.69, 9.17) is 16.3 Å². The molecule has 0 aliphatic heterocycles. The summed E-state index contributed by atoms with van der Waals surface area (Å²) in [5.41, 5.74) is 0.891. The van der Waals surface area contributed by atoms with Crippen molar-refractivity contribution in [2.45, 2.75) is 0 Å². The molecule has 3 rings (SSSR count). The number of nitriles is 1. The van der Waals surface area contributed by atoms with Crippen LogP contribution in [0.15, 0.2) is 48.5 Å². The van der Waals surface area contributed by atoms with E-state index in [9.17, 15) is 9.65 Å². The Labute approximate surface area is 125 Å². The number of ether oxygens (including phenoxy) is 1. The number of aromatic nitrogens is 1. The summed E-state index contributed by atoms with van der Waals surface area (Å²) in [6.45, 7) is 0. The Balaban J connectivity index is 2.11. The van der Waals surface area contributed by atoms with Crippen LogP contribution in [0.3, 0.4) is 0 Å². The molecular formula is C16H8ClFN2O. The minimum Gasteiger partial charge on any atom is -0.435 e. The standard InChI is InChI=1S/C16H8ClFN2O/c17-12-5-3-7-14(15(12)18)21-16-11(9-19)8-10-4-1-2-6-13(10)20-16/h1-8H. The molecular weight excluding hydrogens is 291 g/mol. The second-order valence-electron chi connectivity index (χ2n) is 4.30. The number of rotatable bonds is 2. The fourth-order valence-electron chi connectivity index (χ4n) is 1.92. The Bertz CT molecular complexity index is 874. The van der Waals surface area contributed by atoms with Crippen LogP contribution < -0.4 is 4.74 Å². The molecule has 5 heteroatoms. The molecule has 0 saturated carbocycles. The lowest BCUT2D eigenvalue weighted by molar-refractivity contribution is 0.428. The lowest BCUT2D eigenvalue weighted by atomic mass is 10.1. The number of pyridine rings is 1. The number of hydrogen-bond donors (Lipinski definition) is 0. The van der Waals surface area contributed by atoms with Gasteiger partial charge in [0.1, 0.15) is 11.6 Å². The SMILES string of the molecule is N#Cc1cc2ccccc2nc1Oc1cccc(Cl)c1F. The van der Waals surface area contributed by atoms with Crippen molar-refractivity contribution in [3.8, 4) is 17.7 Å². The summed E-state index contributed by atoms with van der Waals surface area (Å²) in [7, 11) is 0. The predicted octanol–water partition coefficient (Wildman–Crippen LogP) is 4.69. The Hall–Kier alpha value is -2.64. The Morgan fingerprint density at radius 1 is 1.14 bits per heavy atom.